The van der Waals surface area contributed by atoms with E-state index in [0.717, 1.165) is 15.2 Å². The smallest absolute Gasteiger partial charge is 0.264 e. The van der Waals surface area contributed by atoms with Crippen LogP contribution in [-0.2, 0) is 10.0 Å². The Balaban J connectivity index is 1.63. The number of hydrogen-bond donors (Lipinski definition) is 1. The average molecular weight is 470 g/mol. The minimum Gasteiger partial charge on any atom is -0.321 e. The van der Waals surface area contributed by atoms with Crippen molar-refractivity contribution in [3.05, 3.63) is 95.4 Å². The minimum atomic E-state index is -4.02. The van der Waals surface area contributed by atoms with E-state index in [-0.39, 0.29) is 21.2 Å². The molecule has 0 bridgehead atoms. The summed E-state index contributed by atoms with van der Waals surface area (Å²) in [5.74, 6) is -1.05. The van der Waals surface area contributed by atoms with Crippen molar-refractivity contribution in [2.75, 3.05) is 16.7 Å². The number of amides is 1. The van der Waals surface area contributed by atoms with Crippen LogP contribution >= 0.6 is 11.6 Å². The van der Waals surface area contributed by atoms with E-state index in [0.29, 0.717) is 5.69 Å². The van der Waals surface area contributed by atoms with Gasteiger partial charge >= 0.3 is 0 Å². The second-order valence-electron chi connectivity index (χ2n) is 6.96. The molecule has 0 aliphatic rings. The van der Waals surface area contributed by atoms with E-state index in [2.05, 4.69) is 10.3 Å². The summed E-state index contributed by atoms with van der Waals surface area (Å²) < 4.78 is 40.3. The number of carbonyl (C=O) groups excluding carboxylic acids is 1. The van der Waals surface area contributed by atoms with Crippen LogP contribution in [0.25, 0.3) is 10.9 Å². The molecule has 3 aromatic carbocycles. The number of aromatic nitrogens is 1. The first-order valence-corrected chi connectivity index (χ1v) is 11.3. The number of pyridine rings is 1. The van der Waals surface area contributed by atoms with Crippen molar-refractivity contribution in [2.45, 2.75) is 4.90 Å². The van der Waals surface area contributed by atoms with Gasteiger partial charge in [-0.05, 0) is 54.6 Å². The molecular formula is C23H17ClFN3O3S. The Labute approximate surface area is 189 Å². The van der Waals surface area contributed by atoms with E-state index < -0.39 is 21.7 Å². The van der Waals surface area contributed by atoms with Gasteiger partial charge < -0.3 is 5.32 Å². The summed E-state index contributed by atoms with van der Waals surface area (Å²) in [5.41, 5.74) is 1.49. The fourth-order valence-electron chi connectivity index (χ4n) is 3.12. The van der Waals surface area contributed by atoms with Gasteiger partial charge in [0.15, 0.2) is 0 Å². The molecule has 9 heteroatoms. The first kappa shape index (κ1) is 21.7. The number of hydrogen-bond acceptors (Lipinski definition) is 4. The molecular weight excluding hydrogens is 453 g/mol. The van der Waals surface area contributed by atoms with E-state index in [4.69, 9.17) is 11.6 Å². The third kappa shape index (κ3) is 4.28. The Bertz CT molecular complexity index is 1430. The van der Waals surface area contributed by atoms with Crippen molar-refractivity contribution in [3.8, 4) is 0 Å². The number of nitrogens with one attached hydrogen (secondary N) is 1. The van der Waals surface area contributed by atoms with Gasteiger partial charge in [-0.25, -0.2) is 12.8 Å². The maximum absolute atomic E-state index is 13.2. The summed E-state index contributed by atoms with van der Waals surface area (Å²) in [7, 11) is -2.67. The fourth-order valence-corrected chi connectivity index (χ4v) is 4.55. The SMILES string of the molecule is CN(c1ccc(F)cc1)S(=O)(=O)c1ccc(Cl)c(C(=O)Nc2cnc3ccccc3c2)c1. The molecule has 162 valence electrons. The first-order valence-electron chi connectivity index (χ1n) is 9.46. The van der Waals surface area contributed by atoms with Crippen LogP contribution in [0, 0.1) is 5.82 Å². The quantitative estimate of drug-likeness (QED) is 0.440. The Morgan fingerprint density at radius 2 is 1.75 bits per heavy atom. The van der Waals surface area contributed by atoms with Crippen LogP contribution in [0.15, 0.2) is 83.9 Å². The predicted octanol–water partition coefficient (Wildman–Crippen LogP) is 5.10. The van der Waals surface area contributed by atoms with Crippen LogP contribution in [0.1, 0.15) is 10.4 Å². The molecule has 0 spiro atoms. The maximum Gasteiger partial charge on any atom is 0.264 e. The third-order valence-electron chi connectivity index (χ3n) is 4.88. The number of carbonyl (C=O) groups is 1. The molecule has 32 heavy (non-hydrogen) atoms. The highest BCUT2D eigenvalue weighted by atomic mass is 35.5. The van der Waals surface area contributed by atoms with Crippen LogP contribution < -0.4 is 9.62 Å². The molecule has 1 aromatic heterocycles. The third-order valence-corrected chi connectivity index (χ3v) is 6.99. The van der Waals surface area contributed by atoms with Gasteiger partial charge in [0.2, 0.25) is 0 Å². The summed E-state index contributed by atoms with van der Waals surface area (Å²) in [6.07, 6.45) is 1.51. The summed E-state index contributed by atoms with van der Waals surface area (Å²) >= 11 is 6.19. The predicted molar refractivity (Wildman–Crippen MR) is 123 cm³/mol. The number of nitrogens with zero attached hydrogens (tertiary/aromatic N) is 2. The zero-order valence-electron chi connectivity index (χ0n) is 16.8. The molecule has 4 aromatic rings. The highest BCUT2D eigenvalue weighted by molar-refractivity contribution is 7.92. The molecule has 0 atom stereocenters. The molecule has 6 nitrogen and oxygen atoms in total. The number of para-hydroxylation sites is 1. The van der Waals surface area contributed by atoms with Gasteiger partial charge in [-0.2, -0.15) is 0 Å². The van der Waals surface area contributed by atoms with Crippen LogP contribution in [0.4, 0.5) is 15.8 Å². The van der Waals surface area contributed by atoms with Gasteiger partial charge in [0.25, 0.3) is 15.9 Å². The summed E-state index contributed by atoms with van der Waals surface area (Å²) in [5, 5.41) is 3.64. The Morgan fingerprint density at radius 3 is 2.50 bits per heavy atom. The van der Waals surface area contributed by atoms with Gasteiger partial charge in [0.1, 0.15) is 5.82 Å². The highest BCUT2D eigenvalue weighted by Crippen LogP contribution is 2.27. The maximum atomic E-state index is 13.2. The van der Waals surface area contributed by atoms with Crippen LogP contribution in [0.2, 0.25) is 5.02 Å². The second kappa shape index (κ2) is 8.57. The molecule has 0 fully saturated rings. The molecule has 0 radical (unpaired) electrons. The lowest BCUT2D eigenvalue weighted by Crippen LogP contribution is -2.27. The van der Waals surface area contributed by atoms with E-state index >= 15 is 0 Å². The Morgan fingerprint density at radius 1 is 1.03 bits per heavy atom. The molecule has 0 aliphatic heterocycles. The zero-order valence-corrected chi connectivity index (χ0v) is 18.4. The van der Waals surface area contributed by atoms with Crippen molar-refractivity contribution in [1.82, 2.24) is 4.98 Å². The number of benzene rings is 3. The Kier molecular flexibility index (Phi) is 5.82. The zero-order chi connectivity index (χ0) is 22.9. The van der Waals surface area contributed by atoms with Gasteiger partial charge in [0, 0.05) is 12.4 Å². The van der Waals surface area contributed by atoms with Crippen LogP contribution in [0.3, 0.4) is 0 Å². The van der Waals surface area contributed by atoms with E-state index in [1.807, 2.05) is 24.3 Å². The molecule has 1 heterocycles. The van der Waals surface area contributed by atoms with Crippen LogP contribution in [-0.4, -0.2) is 26.4 Å². The monoisotopic (exact) mass is 469 g/mol. The van der Waals surface area contributed by atoms with Crippen molar-refractivity contribution in [2.24, 2.45) is 0 Å². The fraction of sp³-hybridized carbons (Fsp3) is 0.0435. The lowest BCUT2D eigenvalue weighted by molar-refractivity contribution is 0.102. The topological polar surface area (TPSA) is 79.4 Å². The minimum absolute atomic E-state index is 0.00611. The van der Waals surface area contributed by atoms with Crippen molar-refractivity contribution in [3.63, 3.8) is 0 Å². The van der Waals surface area contributed by atoms with Gasteiger partial charge in [-0.3, -0.25) is 14.1 Å². The molecule has 0 saturated heterocycles. The van der Waals surface area contributed by atoms with Crippen molar-refractivity contribution >= 4 is 49.8 Å². The number of rotatable bonds is 5. The van der Waals surface area contributed by atoms with Gasteiger partial charge in [0.05, 0.1) is 38.6 Å². The number of anilines is 2. The molecule has 0 aliphatic carbocycles. The lowest BCUT2D eigenvalue weighted by Gasteiger charge is -2.20. The van der Waals surface area contributed by atoms with E-state index in [1.165, 1.54) is 55.7 Å². The lowest BCUT2D eigenvalue weighted by atomic mass is 10.2. The van der Waals surface area contributed by atoms with Gasteiger partial charge in [-0.15, -0.1) is 0 Å². The molecule has 0 unspecified atom stereocenters. The Hall–Kier alpha value is -3.49. The molecule has 1 N–H and O–H groups in total. The highest BCUT2D eigenvalue weighted by Gasteiger charge is 2.24. The summed E-state index contributed by atoms with van der Waals surface area (Å²) in [6.45, 7) is 0. The number of sulfonamides is 1. The van der Waals surface area contributed by atoms with Crippen LogP contribution in [0.5, 0.6) is 0 Å². The number of fused-ring (bicyclic) bond motifs is 1. The summed E-state index contributed by atoms with van der Waals surface area (Å²) in [4.78, 5) is 17.0. The molecule has 1 amide bonds. The molecule has 0 saturated carbocycles. The normalized spacial score (nSPS) is 11.3. The van der Waals surface area contributed by atoms with Crippen molar-refractivity contribution < 1.29 is 17.6 Å². The summed E-state index contributed by atoms with van der Waals surface area (Å²) in [6, 6.07) is 18.1. The van der Waals surface area contributed by atoms with E-state index in [1.54, 1.807) is 6.07 Å². The van der Waals surface area contributed by atoms with Gasteiger partial charge in [-0.1, -0.05) is 29.8 Å². The second-order valence-corrected chi connectivity index (χ2v) is 9.34. The standard InChI is InChI=1S/C23H17ClFN3O3S/c1-28(18-8-6-16(25)7-9-18)32(30,31)19-10-11-21(24)20(13-19)23(29)27-17-12-15-4-2-3-5-22(15)26-14-17/h2-14H,1H3,(H,27,29). The molecule has 4 rings (SSSR count). The average Bonchev–Trinajstić information content (AvgIpc) is 2.79. The number of halogens is 2. The first-order chi connectivity index (χ1) is 15.3. The van der Waals surface area contributed by atoms with E-state index in [9.17, 15) is 17.6 Å². The largest absolute Gasteiger partial charge is 0.321 e. The van der Waals surface area contributed by atoms with Crippen molar-refractivity contribution in [1.29, 1.82) is 0 Å².